The van der Waals surface area contributed by atoms with E-state index in [1.165, 1.54) is 0 Å². The quantitative estimate of drug-likeness (QED) is 0.782. The summed E-state index contributed by atoms with van der Waals surface area (Å²) in [7, 11) is 0. The molecule has 2 atom stereocenters. The van der Waals surface area contributed by atoms with Gasteiger partial charge in [-0.15, -0.1) is 0 Å². The molecule has 1 aromatic rings. The van der Waals surface area contributed by atoms with Gasteiger partial charge in [0.2, 0.25) is 0 Å². The molecule has 3 heteroatoms. The van der Waals surface area contributed by atoms with Gasteiger partial charge in [-0.3, -0.25) is 0 Å². The van der Waals surface area contributed by atoms with Gasteiger partial charge in [-0.05, 0) is 43.9 Å². The van der Waals surface area contributed by atoms with E-state index in [0.29, 0.717) is 19.1 Å². The summed E-state index contributed by atoms with van der Waals surface area (Å²) in [5, 5.41) is 0. The summed E-state index contributed by atoms with van der Waals surface area (Å²) >= 11 is 0. The second kappa shape index (κ2) is 8.18. The lowest BCUT2D eigenvalue weighted by atomic mass is 10.1. The standard InChI is InChI=1S/C16H27NO2/c1-5-18-15-8-6-14(7-9-15)16(17)11-19-13(4)10-12(2)3/h6-9,12-13,16H,5,10-11,17H2,1-4H3. The molecule has 0 bridgehead atoms. The maximum Gasteiger partial charge on any atom is 0.119 e. The van der Waals surface area contributed by atoms with Crippen molar-refractivity contribution >= 4 is 0 Å². The largest absolute Gasteiger partial charge is 0.494 e. The molecule has 19 heavy (non-hydrogen) atoms. The molecule has 0 spiro atoms. The molecule has 0 aliphatic rings. The lowest BCUT2D eigenvalue weighted by Gasteiger charge is -2.19. The summed E-state index contributed by atoms with van der Waals surface area (Å²) < 4.78 is 11.2. The van der Waals surface area contributed by atoms with Crippen LogP contribution < -0.4 is 10.5 Å². The van der Waals surface area contributed by atoms with E-state index < -0.39 is 0 Å². The highest BCUT2D eigenvalue weighted by Gasteiger charge is 2.10. The van der Waals surface area contributed by atoms with Crippen LogP contribution in [0, 0.1) is 5.92 Å². The van der Waals surface area contributed by atoms with Crippen molar-refractivity contribution in [3.63, 3.8) is 0 Å². The zero-order valence-electron chi connectivity index (χ0n) is 12.6. The smallest absolute Gasteiger partial charge is 0.119 e. The molecule has 2 N–H and O–H groups in total. The van der Waals surface area contributed by atoms with Crippen LogP contribution in [0.3, 0.4) is 0 Å². The minimum atomic E-state index is -0.0784. The highest BCUT2D eigenvalue weighted by molar-refractivity contribution is 5.29. The van der Waals surface area contributed by atoms with E-state index in [-0.39, 0.29) is 12.1 Å². The van der Waals surface area contributed by atoms with E-state index in [2.05, 4.69) is 20.8 Å². The molecule has 0 radical (unpaired) electrons. The van der Waals surface area contributed by atoms with E-state index in [1.807, 2.05) is 31.2 Å². The maximum atomic E-state index is 6.13. The molecule has 2 unspecified atom stereocenters. The van der Waals surface area contributed by atoms with Gasteiger partial charge in [0, 0.05) is 0 Å². The minimum absolute atomic E-state index is 0.0784. The van der Waals surface area contributed by atoms with Crippen LogP contribution >= 0.6 is 0 Å². The van der Waals surface area contributed by atoms with Gasteiger partial charge >= 0.3 is 0 Å². The third-order valence-electron chi connectivity index (χ3n) is 2.98. The third kappa shape index (κ3) is 6.08. The van der Waals surface area contributed by atoms with Gasteiger partial charge in [-0.25, -0.2) is 0 Å². The monoisotopic (exact) mass is 265 g/mol. The fourth-order valence-electron chi connectivity index (χ4n) is 2.07. The van der Waals surface area contributed by atoms with Crippen molar-refractivity contribution < 1.29 is 9.47 Å². The summed E-state index contributed by atoms with van der Waals surface area (Å²) in [5.74, 6) is 1.53. The predicted molar refractivity (Wildman–Crippen MR) is 79.4 cm³/mol. The zero-order valence-corrected chi connectivity index (χ0v) is 12.6. The number of hydrogen-bond acceptors (Lipinski definition) is 3. The lowest BCUT2D eigenvalue weighted by Crippen LogP contribution is -2.21. The van der Waals surface area contributed by atoms with Crippen molar-refractivity contribution in [1.29, 1.82) is 0 Å². The number of nitrogens with two attached hydrogens (primary N) is 1. The summed E-state index contributed by atoms with van der Waals surface area (Å²) in [4.78, 5) is 0. The Kier molecular flexibility index (Phi) is 6.89. The number of benzene rings is 1. The van der Waals surface area contributed by atoms with Crippen LogP contribution in [0.15, 0.2) is 24.3 Å². The Labute approximate surface area is 117 Å². The van der Waals surface area contributed by atoms with Crippen molar-refractivity contribution in [2.24, 2.45) is 11.7 Å². The van der Waals surface area contributed by atoms with Gasteiger partial charge < -0.3 is 15.2 Å². The zero-order chi connectivity index (χ0) is 14.3. The topological polar surface area (TPSA) is 44.5 Å². The fraction of sp³-hybridized carbons (Fsp3) is 0.625. The summed E-state index contributed by atoms with van der Waals surface area (Å²) in [6.07, 6.45) is 1.32. The van der Waals surface area contributed by atoms with Crippen molar-refractivity contribution in [3.05, 3.63) is 29.8 Å². The van der Waals surface area contributed by atoms with Gasteiger partial charge in [0.1, 0.15) is 5.75 Å². The van der Waals surface area contributed by atoms with Gasteiger partial charge in [0.05, 0.1) is 25.4 Å². The first-order valence-corrected chi connectivity index (χ1v) is 7.12. The Balaban J connectivity index is 2.42. The van der Waals surface area contributed by atoms with Crippen LogP contribution in [-0.2, 0) is 4.74 Å². The normalized spacial score (nSPS) is 14.4. The molecule has 0 aromatic heterocycles. The highest BCUT2D eigenvalue weighted by Crippen LogP contribution is 2.18. The predicted octanol–water partition coefficient (Wildman–Crippen LogP) is 3.54. The molecule has 1 aromatic carbocycles. The van der Waals surface area contributed by atoms with Crippen LogP contribution in [0.4, 0.5) is 0 Å². The lowest BCUT2D eigenvalue weighted by molar-refractivity contribution is 0.0430. The van der Waals surface area contributed by atoms with Crippen LogP contribution in [0.2, 0.25) is 0 Å². The van der Waals surface area contributed by atoms with Crippen LogP contribution in [0.5, 0.6) is 5.75 Å². The molecular formula is C16H27NO2. The average molecular weight is 265 g/mol. The van der Waals surface area contributed by atoms with Gasteiger partial charge in [-0.2, -0.15) is 0 Å². The van der Waals surface area contributed by atoms with Crippen LogP contribution in [0.25, 0.3) is 0 Å². The van der Waals surface area contributed by atoms with Gasteiger partial charge in [-0.1, -0.05) is 26.0 Å². The first-order chi connectivity index (χ1) is 9.02. The van der Waals surface area contributed by atoms with Crippen LogP contribution in [0.1, 0.15) is 45.7 Å². The minimum Gasteiger partial charge on any atom is -0.494 e. The number of rotatable bonds is 8. The van der Waals surface area contributed by atoms with Crippen molar-refractivity contribution in [2.45, 2.75) is 46.3 Å². The number of ether oxygens (including phenoxy) is 2. The SMILES string of the molecule is CCOc1ccc(C(N)COC(C)CC(C)C)cc1. The first-order valence-electron chi connectivity index (χ1n) is 7.12. The molecule has 108 valence electrons. The van der Waals surface area contributed by atoms with E-state index in [1.54, 1.807) is 0 Å². The van der Waals surface area contributed by atoms with E-state index >= 15 is 0 Å². The number of hydrogen-bond donors (Lipinski definition) is 1. The average Bonchev–Trinajstić information content (AvgIpc) is 2.36. The fourth-order valence-corrected chi connectivity index (χ4v) is 2.07. The van der Waals surface area contributed by atoms with E-state index in [9.17, 15) is 0 Å². The van der Waals surface area contributed by atoms with Crippen molar-refractivity contribution in [2.75, 3.05) is 13.2 Å². The molecule has 0 saturated heterocycles. The molecule has 1 rings (SSSR count). The Morgan fingerprint density at radius 2 is 1.74 bits per heavy atom. The van der Waals surface area contributed by atoms with Crippen molar-refractivity contribution in [3.8, 4) is 5.75 Å². The second-order valence-corrected chi connectivity index (χ2v) is 5.38. The third-order valence-corrected chi connectivity index (χ3v) is 2.98. The second-order valence-electron chi connectivity index (χ2n) is 5.38. The maximum absolute atomic E-state index is 6.13. The first kappa shape index (κ1) is 16.0. The van der Waals surface area contributed by atoms with Gasteiger partial charge in [0.15, 0.2) is 0 Å². The summed E-state index contributed by atoms with van der Waals surface area (Å²) in [6.45, 7) is 9.72. The summed E-state index contributed by atoms with van der Waals surface area (Å²) in [5.41, 5.74) is 7.22. The van der Waals surface area contributed by atoms with Crippen LogP contribution in [-0.4, -0.2) is 19.3 Å². The molecular weight excluding hydrogens is 238 g/mol. The molecule has 0 aliphatic carbocycles. The Morgan fingerprint density at radius 3 is 2.26 bits per heavy atom. The Bertz CT molecular complexity index is 348. The molecule has 3 nitrogen and oxygen atoms in total. The summed E-state index contributed by atoms with van der Waals surface area (Å²) in [6, 6.07) is 7.84. The molecule has 0 aliphatic heterocycles. The van der Waals surface area contributed by atoms with E-state index in [4.69, 9.17) is 15.2 Å². The highest BCUT2D eigenvalue weighted by atomic mass is 16.5. The molecule has 0 fully saturated rings. The van der Waals surface area contributed by atoms with Gasteiger partial charge in [0.25, 0.3) is 0 Å². The van der Waals surface area contributed by atoms with Crippen molar-refractivity contribution in [1.82, 2.24) is 0 Å². The molecule has 0 amide bonds. The Morgan fingerprint density at radius 1 is 1.11 bits per heavy atom. The Hall–Kier alpha value is -1.06. The molecule has 0 saturated carbocycles. The van der Waals surface area contributed by atoms with E-state index in [0.717, 1.165) is 17.7 Å². The molecule has 0 heterocycles.